The van der Waals surface area contributed by atoms with Crippen molar-refractivity contribution in [2.45, 2.75) is 19.4 Å². The average molecular weight is 315 g/mol. The number of aliphatic hydroxyl groups is 1. The van der Waals surface area contributed by atoms with Crippen LogP contribution in [-0.2, 0) is 7.05 Å². The molecule has 122 valence electrons. The van der Waals surface area contributed by atoms with Gasteiger partial charge in [-0.15, -0.1) is 0 Å². The van der Waals surface area contributed by atoms with Crippen LogP contribution in [0.4, 0.5) is 4.39 Å². The van der Waals surface area contributed by atoms with E-state index in [0.717, 1.165) is 36.3 Å². The number of aryl methyl sites for hydroxylation is 2. The molecule has 0 aliphatic carbocycles. The molecule has 0 radical (unpaired) electrons. The number of aromatic nitrogens is 2. The number of β-amino-alcohol motifs (C(OH)–C–C–N with tert-alkyl or cyclic N) is 1. The molecule has 1 atom stereocenters. The van der Waals surface area contributed by atoms with Gasteiger partial charge in [-0.3, -0.25) is 9.58 Å². The van der Waals surface area contributed by atoms with Gasteiger partial charge in [0.2, 0.25) is 0 Å². The second-order valence-electron chi connectivity index (χ2n) is 6.10. The van der Waals surface area contributed by atoms with Crippen molar-refractivity contribution < 1.29 is 9.50 Å². The van der Waals surface area contributed by atoms with E-state index in [1.165, 1.54) is 17.7 Å². The number of rotatable bonds is 4. The molecule has 0 saturated carbocycles. The minimum Gasteiger partial charge on any atom is -0.387 e. The Morgan fingerprint density at radius 1 is 1.35 bits per heavy atom. The van der Waals surface area contributed by atoms with E-state index in [1.54, 1.807) is 6.07 Å². The number of hydrogen-bond acceptors (Lipinski definition) is 3. The minimum absolute atomic E-state index is 0.264. The predicted octanol–water partition coefficient (Wildman–Crippen LogP) is 2.69. The number of halogens is 1. The topological polar surface area (TPSA) is 41.3 Å². The first-order valence-electron chi connectivity index (χ1n) is 7.88. The van der Waals surface area contributed by atoms with E-state index in [2.05, 4.69) is 16.1 Å². The van der Waals surface area contributed by atoms with Gasteiger partial charge < -0.3 is 5.11 Å². The fraction of sp³-hybridized carbons (Fsp3) is 0.389. The summed E-state index contributed by atoms with van der Waals surface area (Å²) in [6, 6.07) is 6.58. The van der Waals surface area contributed by atoms with Gasteiger partial charge in [-0.25, -0.2) is 4.39 Å². The second-order valence-corrected chi connectivity index (χ2v) is 6.10. The van der Waals surface area contributed by atoms with Crippen molar-refractivity contribution in [1.29, 1.82) is 0 Å². The molecule has 4 nitrogen and oxygen atoms in total. The molecule has 1 N–H and O–H groups in total. The van der Waals surface area contributed by atoms with Crippen LogP contribution in [0, 0.1) is 12.7 Å². The monoisotopic (exact) mass is 315 g/mol. The van der Waals surface area contributed by atoms with Gasteiger partial charge in [-0.1, -0.05) is 12.1 Å². The van der Waals surface area contributed by atoms with Gasteiger partial charge in [-0.05, 0) is 48.2 Å². The summed E-state index contributed by atoms with van der Waals surface area (Å²) >= 11 is 0. The summed E-state index contributed by atoms with van der Waals surface area (Å²) in [6.07, 6.45) is 4.35. The van der Waals surface area contributed by atoms with Crippen molar-refractivity contribution >= 4 is 5.57 Å². The number of aliphatic hydroxyl groups excluding tert-OH is 1. The van der Waals surface area contributed by atoms with E-state index in [0.29, 0.717) is 6.54 Å². The Hall–Kier alpha value is -1.98. The van der Waals surface area contributed by atoms with Gasteiger partial charge in [-0.2, -0.15) is 5.10 Å². The third-order valence-corrected chi connectivity index (χ3v) is 4.47. The Morgan fingerprint density at radius 3 is 2.78 bits per heavy atom. The SMILES string of the molecule is Cc1cc(F)ccc1C(O)CN1CC=C(c2ccnn2C)CC1. The second kappa shape index (κ2) is 6.64. The summed E-state index contributed by atoms with van der Waals surface area (Å²) in [5.41, 5.74) is 4.04. The first-order valence-corrected chi connectivity index (χ1v) is 7.88. The normalized spacial score (nSPS) is 17.1. The van der Waals surface area contributed by atoms with E-state index in [9.17, 15) is 9.50 Å². The van der Waals surface area contributed by atoms with Gasteiger partial charge in [0.25, 0.3) is 0 Å². The Balaban J connectivity index is 1.64. The maximum absolute atomic E-state index is 13.2. The maximum atomic E-state index is 13.2. The molecule has 1 unspecified atom stereocenters. The lowest BCUT2D eigenvalue weighted by atomic mass is 10.0. The van der Waals surface area contributed by atoms with Crippen LogP contribution in [-0.4, -0.2) is 39.4 Å². The van der Waals surface area contributed by atoms with E-state index >= 15 is 0 Å². The zero-order valence-corrected chi connectivity index (χ0v) is 13.5. The molecule has 0 bridgehead atoms. The van der Waals surface area contributed by atoms with Gasteiger partial charge in [0.1, 0.15) is 5.82 Å². The number of nitrogens with zero attached hydrogens (tertiary/aromatic N) is 3. The third kappa shape index (κ3) is 3.51. The van der Waals surface area contributed by atoms with Crippen LogP contribution >= 0.6 is 0 Å². The summed E-state index contributed by atoms with van der Waals surface area (Å²) in [5, 5.41) is 14.6. The van der Waals surface area contributed by atoms with E-state index in [1.807, 2.05) is 30.9 Å². The van der Waals surface area contributed by atoms with Gasteiger partial charge in [0.15, 0.2) is 0 Å². The molecule has 5 heteroatoms. The van der Waals surface area contributed by atoms with Crippen molar-refractivity contribution in [2.75, 3.05) is 19.6 Å². The van der Waals surface area contributed by atoms with Crippen molar-refractivity contribution in [3.05, 3.63) is 59.2 Å². The molecule has 0 saturated heterocycles. The molecular weight excluding hydrogens is 293 g/mol. The van der Waals surface area contributed by atoms with Crippen LogP contribution in [0.5, 0.6) is 0 Å². The van der Waals surface area contributed by atoms with Crippen LogP contribution in [0.2, 0.25) is 0 Å². The van der Waals surface area contributed by atoms with Crippen LogP contribution in [0.25, 0.3) is 5.57 Å². The first-order chi connectivity index (χ1) is 11.0. The summed E-state index contributed by atoms with van der Waals surface area (Å²) < 4.78 is 15.1. The van der Waals surface area contributed by atoms with Crippen molar-refractivity contribution in [3.63, 3.8) is 0 Å². The summed E-state index contributed by atoms with van der Waals surface area (Å²) in [4.78, 5) is 2.22. The minimum atomic E-state index is -0.595. The molecule has 1 aliphatic rings. The molecule has 0 spiro atoms. The number of benzene rings is 1. The molecule has 0 fully saturated rings. The van der Waals surface area contributed by atoms with Gasteiger partial charge >= 0.3 is 0 Å². The highest BCUT2D eigenvalue weighted by atomic mass is 19.1. The number of hydrogen-bond donors (Lipinski definition) is 1. The van der Waals surface area contributed by atoms with Crippen LogP contribution in [0.15, 0.2) is 36.5 Å². The lowest BCUT2D eigenvalue weighted by Crippen LogP contribution is -2.33. The lowest BCUT2D eigenvalue weighted by Gasteiger charge is -2.28. The van der Waals surface area contributed by atoms with Crippen LogP contribution in [0.3, 0.4) is 0 Å². The molecule has 2 aromatic rings. The summed E-state index contributed by atoms with van der Waals surface area (Å²) in [6.45, 7) is 4.09. The highest BCUT2D eigenvalue weighted by molar-refractivity contribution is 5.63. The zero-order chi connectivity index (χ0) is 16.4. The fourth-order valence-electron chi connectivity index (χ4n) is 3.15. The first kappa shape index (κ1) is 15.9. The molecule has 1 aliphatic heterocycles. The molecule has 23 heavy (non-hydrogen) atoms. The van der Waals surface area contributed by atoms with Crippen molar-refractivity contribution in [2.24, 2.45) is 7.05 Å². The predicted molar refractivity (Wildman–Crippen MR) is 88.3 cm³/mol. The zero-order valence-electron chi connectivity index (χ0n) is 13.5. The Kier molecular flexibility index (Phi) is 4.59. The average Bonchev–Trinajstić information content (AvgIpc) is 2.94. The van der Waals surface area contributed by atoms with Crippen molar-refractivity contribution in [3.8, 4) is 0 Å². The van der Waals surface area contributed by atoms with Crippen molar-refractivity contribution in [1.82, 2.24) is 14.7 Å². The smallest absolute Gasteiger partial charge is 0.123 e. The molecule has 1 aromatic heterocycles. The largest absolute Gasteiger partial charge is 0.387 e. The highest BCUT2D eigenvalue weighted by Gasteiger charge is 2.19. The molecule has 2 heterocycles. The Bertz CT molecular complexity index is 723. The molecular formula is C18H22FN3O. The van der Waals surface area contributed by atoms with Gasteiger partial charge in [0, 0.05) is 32.9 Å². The molecule has 3 rings (SSSR count). The maximum Gasteiger partial charge on any atom is 0.123 e. The standard InChI is InChI=1S/C18H22FN3O/c1-13-11-15(19)3-4-16(13)18(23)12-22-9-6-14(7-10-22)17-5-8-20-21(17)2/h3-6,8,11,18,23H,7,9-10,12H2,1-2H3. The quantitative estimate of drug-likeness (QED) is 0.943. The van der Waals surface area contributed by atoms with E-state index in [4.69, 9.17) is 0 Å². The summed E-state index contributed by atoms with van der Waals surface area (Å²) in [7, 11) is 1.95. The fourth-order valence-corrected chi connectivity index (χ4v) is 3.15. The van der Waals surface area contributed by atoms with E-state index < -0.39 is 6.10 Å². The van der Waals surface area contributed by atoms with E-state index in [-0.39, 0.29) is 5.82 Å². The van der Waals surface area contributed by atoms with Crippen LogP contribution in [0.1, 0.15) is 29.3 Å². The molecule has 1 aromatic carbocycles. The Morgan fingerprint density at radius 2 is 2.17 bits per heavy atom. The lowest BCUT2D eigenvalue weighted by molar-refractivity contribution is 0.118. The van der Waals surface area contributed by atoms with Crippen LogP contribution < -0.4 is 0 Å². The molecule has 0 amide bonds. The highest BCUT2D eigenvalue weighted by Crippen LogP contribution is 2.24. The summed E-state index contributed by atoms with van der Waals surface area (Å²) in [5.74, 6) is -0.264. The van der Waals surface area contributed by atoms with Gasteiger partial charge in [0.05, 0.1) is 11.8 Å². The third-order valence-electron chi connectivity index (χ3n) is 4.47. The Labute approximate surface area is 135 Å².